The van der Waals surface area contributed by atoms with Crippen LogP contribution in [0.15, 0.2) is 72.9 Å². The van der Waals surface area contributed by atoms with Crippen molar-refractivity contribution < 1.29 is 49.5 Å². The molecule has 0 saturated heterocycles. The molecular weight excluding hydrogens is 618 g/mol. The van der Waals surface area contributed by atoms with Gasteiger partial charge in [0.15, 0.2) is 0 Å². The van der Waals surface area contributed by atoms with Gasteiger partial charge < -0.3 is 41.9 Å². The molecule has 5 atom stereocenters. The fraction of sp³-hybridized carbons (Fsp3) is 0.469. The van der Waals surface area contributed by atoms with Crippen LogP contribution in [0.3, 0.4) is 0 Å². The Morgan fingerprint density at radius 1 is 0.804 bits per heavy atom. The third-order valence-corrected chi connectivity index (χ3v) is 7.32. The van der Waals surface area contributed by atoms with Gasteiger partial charge in [-0.1, -0.05) is 79.8 Å². The summed E-state index contributed by atoms with van der Waals surface area (Å²) in [4.78, 5) is 57.8. The van der Waals surface area contributed by atoms with E-state index in [2.05, 4.69) is 10.6 Å². The van der Waals surface area contributed by atoms with Crippen LogP contribution in [0, 0.1) is 0 Å². The normalized spacial score (nSPS) is 15.6. The summed E-state index contributed by atoms with van der Waals surface area (Å²) in [6, 6.07) is -2.48. The maximum Gasteiger partial charge on any atom is 0.322 e. The number of hydrogen-bond donors (Lipinski definition) is 8. The molecule has 0 radical (unpaired) electrons. The van der Waals surface area contributed by atoms with Crippen molar-refractivity contribution in [3.8, 4) is 0 Å². The highest BCUT2D eigenvalue weighted by Crippen LogP contribution is 2.21. The summed E-state index contributed by atoms with van der Waals surface area (Å²) in [5.41, 5.74) is 5.44. The van der Waals surface area contributed by atoms with Crippen molar-refractivity contribution >= 4 is 41.5 Å². The maximum atomic E-state index is 12.7. The van der Waals surface area contributed by atoms with E-state index >= 15 is 0 Å². The molecule has 256 valence electrons. The summed E-state index contributed by atoms with van der Waals surface area (Å²) in [6.45, 7) is 1.33. The number of nitrogens with one attached hydrogen (secondary N) is 2. The first kappa shape index (κ1) is 42.0. The maximum absolute atomic E-state index is 12.7. The molecule has 0 rings (SSSR count). The summed E-state index contributed by atoms with van der Waals surface area (Å²) in [5, 5.41) is 51.5. The van der Waals surface area contributed by atoms with Gasteiger partial charge >= 0.3 is 17.9 Å². The van der Waals surface area contributed by atoms with Gasteiger partial charge in [-0.2, -0.15) is 0 Å². The van der Waals surface area contributed by atoms with E-state index in [-0.39, 0.29) is 37.9 Å². The van der Waals surface area contributed by atoms with Gasteiger partial charge in [-0.3, -0.25) is 24.0 Å². The fourth-order valence-corrected chi connectivity index (χ4v) is 4.63. The van der Waals surface area contributed by atoms with E-state index < -0.39 is 65.8 Å². The molecule has 0 heterocycles. The number of aliphatic hydroxyl groups excluding tert-OH is 2. The summed E-state index contributed by atoms with van der Waals surface area (Å²) in [7, 11) is 0. The molecule has 0 aromatic heterocycles. The molecule has 0 spiro atoms. The number of thioether (sulfide) groups is 1. The van der Waals surface area contributed by atoms with Crippen LogP contribution in [0.1, 0.15) is 51.9 Å². The average molecular weight is 666 g/mol. The lowest BCUT2D eigenvalue weighted by molar-refractivity contribution is -0.139. The number of carbonyl (C=O) groups is 5. The van der Waals surface area contributed by atoms with E-state index in [1.807, 2.05) is 19.1 Å². The largest absolute Gasteiger partial charge is 0.481 e. The van der Waals surface area contributed by atoms with Crippen LogP contribution in [-0.2, 0) is 24.0 Å². The number of allylic oxidation sites excluding steroid dienone is 8. The van der Waals surface area contributed by atoms with Gasteiger partial charge in [0.05, 0.1) is 12.2 Å². The molecule has 9 N–H and O–H groups in total. The van der Waals surface area contributed by atoms with Crippen LogP contribution in [0.25, 0.3) is 0 Å². The van der Waals surface area contributed by atoms with Gasteiger partial charge in [0.1, 0.15) is 18.6 Å². The fourth-order valence-electron chi connectivity index (χ4n) is 3.45. The number of amides is 2. The lowest BCUT2D eigenvalue weighted by atomic mass is 10.1. The first-order valence-corrected chi connectivity index (χ1v) is 15.9. The third-order valence-electron chi connectivity index (χ3n) is 5.94. The first-order chi connectivity index (χ1) is 21.9. The van der Waals surface area contributed by atoms with Crippen LogP contribution in [-0.4, -0.2) is 97.1 Å². The standard InChI is InChI=1S/C32H47N3O10S/c1-2-3-9-14-23(36)15-10-6-4-5-7-12-17-27(26(37)16-11-8-13-18-29(39)40)46-22-25(31(43)34-21-30(41)42)35-28(38)20-19-24(33)32(44)45/h3-12,15,17,23-27,36-37H,2,13-14,16,18-22,33H2,1H3,(H,34,43)(H,35,38)(H,39,40)(H,41,42)(H,44,45)/b6-4-,7-5+,9-3-,11-8-,15-10+,17-12+. The van der Waals surface area contributed by atoms with E-state index in [1.54, 1.807) is 60.8 Å². The highest BCUT2D eigenvalue weighted by atomic mass is 32.2. The minimum atomic E-state index is -1.29. The second-order valence-electron chi connectivity index (χ2n) is 9.94. The predicted molar refractivity (Wildman–Crippen MR) is 177 cm³/mol. The van der Waals surface area contributed by atoms with Crippen molar-refractivity contribution in [3.05, 3.63) is 72.9 Å². The smallest absolute Gasteiger partial charge is 0.322 e. The van der Waals surface area contributed by atoms with E-state index in [4.69, 9.17) is 21.1 Å². The van der Waals surface area contributed by atoms with E-state index in [1.165, 1.54) is 0 Å². The number of carboxylic acids is 3. The quantitative estimate of drug-likeness (QED) is 0.0517. The van der Waals surface area contributed by atoms with Crippen molar-refractivity contribution in [1.29, 1.82) is 0 Å². The van der Waals surface area contributed by atoms with Crippen molar-refractivity contribution in [1.82, 2.24) is 10.6 Å². The number of hydrogen-bond acceptors (Lipinski definition) is 9. The summed E-state index contributed by atoms with van der Waals surface area (Å²) in [6.07, 6.45) is 20.7. The summed E-state index contributed by atoms with van der Waals surface area (Å²) < 4.78 is 0. The van der Waals surface area contributed by atoms with Gasteiger partial charge in [0, 0.05) is 23.8 Å². The van der Waals surface area contributed by atoms with Crippen LogP contribution in [0.5, 0.6) is 0 Å². The van der Waals surface area contributed by atoms with Crippen LogP contribution < -0.4 is 16.4 Å². The van der Waals surface area contributed by atoms with Gasteiger partial charge in [0.2, 0.25) is 11.8 Å². The SMILES string of the molecule is CC/C=C\CC(O)/C=C/C=C\C=C\C=C\C(SCC(NC(=O)CCC(N)C(=O)O)C(=O)NCC(=O)O)C(O)C/C=C\CCC(=O)O. The van der Waals surface area contributed by atoms with E-state index in [0.717, 1.165) is 18.2 Å². The molecule has 0 aromatic rings. The Morgan fingerprint density at radius 2 is 1.43 bits per heavy atom. The second kappa shape index (κ2) is 26.3. The zero-order valence-corrected chi connectivity index (χ0v) is 26.8. The summed E-state index contributed by atoms with van der Waals surface area (Å²) >= 11 is 1.12. The molecule has 5 unspecified atom stereocenters. The van der Waals surface area contributed by atoms with Gasteiger partial charge in [-0.25, -0.2) is 0 Å². The topological polar surface area (TPSA) is 237 Å². The molecule has 14 heteroatoms. The van der Waals surface area contributed by atoms with Crippen molar-refractivity contribution in [2.24, 2.45) is 5.73 Å². The Labute approximate surface area is 273 Å². The van der Waals surface area contributed by atoms with Crippen molar-refractivity contribution in [3.63, 3.8) is 0 Å². The predicted octanol–water partition coefficient (Wildman–Crippen LogP) is 2.08. The minimum Gasteiger partial charge on any atom is -0.481 e. The Hall–Kier alpha value is -3.98. The number of aliphatic hydroxyl groups is 2. The minimum absolute atomic E-state index is 0.0583. The average Bonchev–Trinajstić information content (AvgIpc) is 3.00. The summed E-state index contributed by atoms with van der Waals surface area (Å²) in [5.74, 6) is -5.02. The molecule has 0 saturated carbocycles. The van der Waals surface area contributed by atoms with Gasteiger partial charge in [-0.15, -0.1) is 11.8 Å². The molecule has 46 heavy (non-hydrogen) atoms. The highest BCUT2D eigenvalue weighted by Gasteiger charge is 2.25. The Bertz CT molecular complexity index is 1130. The first-order valence-electron chi connectivity index (χ1n) is 14.8. The van der Waals surface area contributed by atoms with Gasteiger partial charge in [-0.05, 0) is 32.1 Å². The number of nitrogens with two attached hydrogens (primary N) is 1. The van der Waals surface area contributed by atoms with Gasteiger partial charge in [0.25, 0.3) is 0 Å². The molecule has 0 aliphatic rings. The second-order valence-corrected chi connectivity index (χ2v) is 11.2. The third kappa shape index (κ3) is 23.4. The Balaban J connectivity index is 5.59. The number of carboxylic acid groups (broad SMARTS) is 3. The Kier molecular flexibility index (Phi) is 24.0. The molecular formula is C32H47N3O10S. The number of carbonyl (C=O) groups excluding carboxylic acids is 2. The van der Waals surface area contributed by atoms with E-state index in [0.29, 0.717) is 6.42 Å². The van der Waals surface area contributed by atoms with Crippen LogP contribution in [0.4, 0.5) is 0 Å². The molecule has 13 nitrogen and oxygen atoms in total. The van der Waals surface area contributed by atoms with Crippen LogP contribution in [0.2, 0.25) is 0 Å². The van der Waals surface area contributed by atoms with Crippen molar-refractivity contribution in [2.45, 2.75) is 81.4 Å². The molecule has 0 aliphatic carbocycles. The molecule has 2 amide bonds. The monoisotopic (exact) mass is 665 g/mol. The Morgan fingerprint density at radius 3 is 2.04 bits per heavy atom. The van der Waals surface area contributed by atoms with Crippen molar-refractivity contribution in [2.75, 3.05) is 12.3 Å². The zero-order valence-electron chi connectivity index (χ0n) is 25.9. The van der Waals surface area contributed by atoms with E-state index in [9.17, 15) is 34.2 Å². The van der Waals surface area contributed by atoms with Crippen LogP contribution >= 0.6 is 11.8 Å². The zero-order chi connectivity index (χ0) is 34.7. The lowest BCUT2D eigenvalue weighted by Gasteiger charge is -2.23. The number of aliphatic carboxylic acids is 3. The molecule has 0 fully saturated rings. The highest BCUT2D eigenvalue weighted by molar-refractivity contribution is 8.00. The molecule has 0 bridgehead atoms. The molecule has 0 aliphatic heterocycles. The lowest BCUT2D eigenvalue weighted by Crippen LogP contribution is -2.50. The number of rotatable bonds is 25. The molecule has 0 aromatic carbocycles.